The first-order chi connectivity index (χ1) is 9.19. The Kier molecular flexibility index (Phi) is 4.80. The summed E-state index contributed by atoms with van der Waals surface area (Å²) in [5.41, 5.74) is 8.14. The first-order valence-corrected chi connectivity index (χ1v) is 6.89. The van der Waals surface area contributed by atoms with Crippen molar-refractivity contribution in [2.24, 2.45) is 5.73 Å². The molecule has 0 saturated heterocycles. The van der Waals surface area contributed by atoms with Crippen LogP contribution >= 0.6 is 0 Å². The van der Waals surface area contributed by atoms with Crippen LogP contribution in [0.2, 0.25) is 0 Å². The van der Waals surface area contributed by atoms with Gasteiger partial charge in [0.05, 0.1) is 0 Å². The van der Waals surface area contributed by atoms with E-state index in [4.69, 9.17) is 15.6 Å². The molecule has 0 radical (unpaired) electrons. The number of hydrogen-bond acceptors (Lipinski definition) is 3. The highest BCUT2D eigenvalue weighted by Crippen LogP contribution is 2.28. The highest BCUT2D eigenvalue weighted by atomic mass is 16.5. The summed E-state index contributed by atoms with van der Waals surface area (Å²) in [6, 6.07) is 6.27. The summed E-state index contributed by atoms with van der Waals surface area (Å²) >= 11 is 0. The van der Waals surface area contributed by atoms with E-state index in [-0.39, 0.29) is 12.5 Å². The average molecular weight is 263 g/mol. The van der Waals surface area contributed by atoms with Crippen LogP contribution in [0.5, 0.6) is 5.75 Å². The minimum Gasteiger partial charge on any atom is -0.489 e. The van der Waals surface area contributed by atoms with Gasteiger partial charge in [0.15, 0.2) is 0 Å². The molecule has 1 aliphatic rings. The highest BCUT2D eigenvalue weighted by Gasteiger charge is 2.18. The van der Waals surface area contributed by atoms with E-state index in [1.807, 2.05) is 6.07 Å². The summed E-state index contributed by atoms with van der Waals surface area (Å²) in [5.74, 6) is 0.239. The van der Waals surface area contributed by atoms with E-state index in [0.29, 0.717) is 6.54 Å². The second-order valence-electron chi connectivity index (χ2n) is 5.06. The van der Waals surface area contributed by atoms with E-state index >= 15 is 0 Å². The zero-order valence-corrected chi connectivity index (χ0v) is 11.1. The average Bonchev–Trinajstić information content (AvgIpc) is 2.42. The molecule has 1 aliphatic heterocycles. The molecule has 3 N–H and O–H groups in total. The number of carbonyl (C=O) groups is 1. The Morgan fingerprint density at radius 1 is 1.42 bits per heavy atom. The molecule has 0 bridgehead atoms. The van der Waals surface area contributed by atoms with E-state index in [1.165, 1.54) is 11.1 Å². The molecule has 1 atom stereocenters. The molecule has 0 aliphatic carbocycles. The predicted molar refractivity (Wildman–Crippen MR) is 73.4 cm³/mol. The van der Waals surface area contributed by atoms with Gasteiger partial charge in [-0.15, -0.1) is 0 Å². The third-order valence-electron chi connectivity index (χ3n) is 3.52. The van der Waals surface area contributed by atoms with Crippen molar-refractivity contribution in [1.82, 2.24) is 0 Å². The van der Waals surface area contributed by atoms with Crippen LogP contribution in [0.4, 0.5) is 0 Å². The summed E-state index contributed by atoms with van der Waals surface area (Å²) in [5, 5.41) is 8.59. The number of fused-ring (bicyclic) bond motifs is 1. The van der Waals surface area contributed by atoms with E-state index in [9.17, 15) is 4.79 Å². The molecule has 0 saturated carbocycles. The van der Waals surface area contributed by atoms with E-state index in [2.05, 4.69) is 12.1 Å². The predicted octanol–water partition coefficient (Wildman–Crippen LogP) is 2.14. The summed E-state index contributed by atoms with van der Waals surface area (Å²) in [6.45, 7) is 0.566. The van der Waals surface area contributed by atoms with Crippen molar-refractivity contribution in [1.29, 1.82) is 0 Å². The fourth-order valence-electron chi connectivity index (χ4n) is 2.42. The lowest BCUT2D eigenvalue weighted by Crippen LogP contribution is -2.30. The Bertz CT molecular complexity index is 445. The fourth-order valence-corrected chi connectivity index (χ4v) is 2.42. The lowest BCUT2D eigenvalue weighted by molar-refractivity contribution is -0.137. The van der Waals surface area contributed by atoms with Gasteiger partial charge >= 0.3 is 5.97 Å². The van der Waals surface area contributed by atoms with Crippen LogP contribution in [0.1, 0.15) is 36.8 Å². The largest absolute Gasteiger partial charge is 0.489 e. The van der Waals surface area contributed by atoms with Crippen molar-refractivity contribution >= 4 is 5.97 Å². The number of carboxylic acids is 1. The number of hydrogen-bond donors (Lipinski definition) is 2. The van der Waals surface area contributed by atoms with Gasteiger partial charge in [-0.05, 0) is 49.3 Å². The normalized spacial score (nSPS) is 17.6. The van der Waals surface area contributed by atoms with Crippen LogP contribution in [0, 0.1) is 0 Å². The fraction of sp³-hybridized carbons (Fsp3) is 0.533. The molecule has 0 fully saturated rings. The van der Waals surface area contributed by atoms with Crippen molar-refractivity contribution in [2.45, 2.75) is 44.6 Å². The molecule has 0 spiro atoms. The number of aliphatic carboxylic acids is 1. The number of nitrogens with two attached hydrogens (primary N) is 1. The number of aryl methyl sites for hydroxylation is 2. The molecule has 1 aromatic rings. The third kappa shape index (κ3) is 3.96. The standard InChI is InChI=1S/C15H21NO3/c16-10-13-7-6-12-9-11(5-8-14(12)19-13)3-1-2-4-15(17)18/h5,8-9,13H,1-4,6-7,10,16H2,(H,17,18). The minimum absolute atomic E-state index is 0.147. The van der Waals surface area contributed by atoms with Crippen molar-refractivity contribution in [3.05, 3.63) is 29.3 Å². The second kappa shape index (κ2) is 6.57. The van der Waals surface area contributed by atoms with Crippen LogP contribution in [0.3, 0.4) is 0 Å². The van der Waals surface area contributed by atoms with Crippen LogP contribution in [0.25, 0.3) is 0 Å². The quantitative estimate of drug-likeness (QED) is 0.771. The number of benzene rings is 1. The molecule has 2 rings (SSSR count). The first kappa shape index (κ1) is 13.9. The molecule has 4 heteroatoms. The van der Waals surface area contributed by atoms with Crippen LogP contribution in [0.15, 0.2) is 18.2 Å². The van der Waals surface area contributed by atoms with Gasteiger partial charge in [0.2, 0.25) is 0 Å². The van der Waals surface area contributed by atoms with E-state index in [0.717, 1.165) is 37.9 Å². The van der Waals surface area contributed by atoms with Gasteiger partial charge in [-0.3, -0.25) is 4.79 Å². The molecular weight excluding hydrogens is 242 g/mol. The Morgan fingerprint density at radius 3 is 3.00 bits per heavy atom. The SMILES string of the molecule is NCC1CCc2cc(CCCCC(=O)O)ccc2O1. The van der Waals surface area contributed by atoms with Gasteiger partial charge in [0, 0.05) is 13.0 Å². The lowest BCUT2D eigenvalue weighted by atomic mass is 9.98. The molecule has 1 unspecified atom stereocenters. The number of carboxylic acid groups (broad SMARTS) is 1. The third-order valence-corrected chi connectivity index (χ3v) is 3.52. The lowest BCUT2D eigenvalue weighted by Gasteiger charge is -2.25. The summed E-state index contributed by atoms with van der Waals surface area (Å²) in [6.07, 6.45) is 4.98. The molecule has 1 aromatic carbocycles. The van der Waals surface area contributed by atoms with Gasteiger partial charge < -0.3 is 15.6 Å². The number of unbranched alkanes of at least 4 members (excludes halogenated alkanes) is 1. The van der Waals surface area contributed by atoms with Crippen molar-refractivity contribution in [3.8, 4) is 5.75 Å². The maximum Gasteiger partial charge on any atom is 0.303 e. The van der Waals surface area contributed by atoms with Crippen LogP contribution in [-0.2, 0) is 17.6 Å². The number of rotatable bonds is 6. The second-order valence-corrected chi connectivity index (χ2v) is 5.06. The minimum atomic E-state index is -0.716. The van der Waals surface area contributed by atoms with Gasteiger partial charge in [-0.1, -0.05) is 12.1 Å². The Labute approximate surface area is 113 Å². The van der Waals surface area contributed by atoms with Gasteiger partial charge in [0.1, 0.15) is 11.9 Å². The smallest absolute Gasteiger partial charge is 0.303 e. The molecule has 0 amide bonds. The van der Waals surface area contributed by atoms with E-state index < -0.39 is 5.97 Å². The Morgan fingerprint density at radius 2 is 2.26 bits per heavy atom. The molecular formula is C15H21NO3. The maximum atomic E-state index is 10.4. The van der Waals surface area contributed by atoms with Crippen molar-refractivity contribution in [2.75, 3.05) is 6.54 Å². The van der Waals surface area contributed by atoms with Crippen LogP contribution < -0.4 is 10.5 Å². The van der Waals surface area contributed by atoms with Gasteiger partial charge in [-0.2, -0.15) is 0 Å². The van der Waals surface area contributed by atoms with Gasteiger partial charge in [0.25, 0.3) is 0 Å². The maximum absolute atomic E-state index is 10.4. The zero-order chi connectivity index (χ0) is 13.7. The van der Waals surface area contributed by atoms with Crippen molar-refractivity contribution in [3.63, 3.8) is 0 Å². The molecule has 1 heterocycles. The first-order valence-electron chi connectivity index (χ1n) is 6.89. The van der Waals surface area contributed by atoms with Crippen molar-refractivity contribution < 1.29 is 14.6 Å². The molecule has 19 heavy (non-hydrogen) atoms. The number of ether oxygens (including phenoxy) is 1. The highest BCUT2D eigenvalue weighted by molar-refractivity contribution is 5.66. The molecule has 0 aromatic heterocycles. The molecule has 4 nitrogen and oxygen atoms in total. The van der Waals surface area contributed by atoms with Crippen LogP contribution in [-0.4, -0.2) is 23.7 Å². The topological polar surface area (TPSA) is 72.6 Å². The summed E-state index contributed by atoms with van der Waals surface area (Å²) < 4.78 is 5.79. The Hall–Kier alpha value is -1.55. The molecule has 104 valence electrons. The summed E-state index contributed by atoms with van der Waals surface area (Å²) in [4.78, 5) is 10.4. The Balaban J connectivity index is 1.89. The summed E-state index contributed by atoms with van der Waals surface area (Å²) in [7, 11) is 0. The monoisotopic (exact) mass is 263 g/mol. The van der Waals surface area contributed by atoms with Gasteiger partial charge in [-0.25, -0.2) is 0 Å². The van der Waals surface area contributed by atoms with E-state index in [1.54, 1.807) is 0 Å². The zero-order valence-electron chi connectivity index (χ0n) is 11.1.